The van der Waals surface area contributed by atoms with E-state index in [0.29, 0.717) is 54.8 Å². The van der Waals surface area contributed by atoms with Gasteiger partial charge in [0.2, 0.25) is 12.5 Å². The van der Waals surface area contributed by atoms with Crippen molar-refractivity contribution in [3.63, 3.8) is 0 Å². The Kier molecular flexibility index (Phi) is 7.26. The number of anilines is 1. The van der Waals surface area contributed by atoms with Crippen molar-refractivity contribution >= 4 is 22.6 Å². The molecule has 0 radical (unpaired) electrons. The number of likely N-dealkylation sites (tertiary alicyclic amines) is 1. The van der Waals surface area contributed by atoms with Crippen LogP contribution in [-0.4, -0.2) is 84.1 Å². The number of piperazine rings is 1. The summed E-state index contributed by atoms with van der Waals surface area (Å²) in [4.78, 5) is 31.6. The number of nitrogens with zero attached hydrogens (tertiary/aromatic N) is 6. The second-order valence-electron chi connectivity index (χ2n) is 12.4. The van der Waals surface area contributed by atoms with Crippen molar-refractivity contribution in [2.24, 2.45) is 5.92 Å². The molecule has 2 aromatic carbocycles. The van der Waals surface area contributed by atoms with Gasteiger partial charge in [-0.15, -0.1) is 0 Å². The third kappa shape index (κ3) is 4.82. The Morgan fingerprint density at radius 2 is 2.02 bits per heavy atom. The molecule has 1 saturated carbocycles. The number of halogens is 1. The summed E-state index contributed by atoms with van der Waals surface area (Å²) in [6.07, 6.45) is 6.93. The maximum atomic E-state index is 16.7. The summed E-state index contributed by atoms with van der Waals surface area (Å²) >= 11 is 0. The van der Waals surface area contributed by atoms with Crippen molar-refractivity contribution in [2.45, 2.75) is 50.1 Å². The lowest BCUT2D eigenvalue weighted by Crippen LogP contribution is -2.56. The smallest absolute Gasteiger partial charge is 0.319 e. The first kappa shape index (κ1) is 27.8. The van der Waals surface area contributed by atoms with E-state index in [1.54, 1.807) is 4.90 Å². The predicted octanol–water partition coefficient (Wildman–Crippen LogP) is 5.08. The number of carbonyl (C=O) groups is 1. The van der Waals surface area contributed by atoms with Gasteiger partial charge in [0.1, 0.15) is 24.0 Å². The molecule has 3 fully saturated rings. The minimum absolute atomic E-state index is 0.155. The van der Waals surface area contributed by atoms with Crippen molar-refractivity contribution < 1.29 is 13.9 Å². The SMILES string of the molecule is [C-]#[N+]C[C@H]1CN(c2nc(OC[C@@H]3CCCN3C)nc3c(F)c(-c4cccc5c4C4CCC4C5)ccc23)CCN1C(=O)C=C. The van der Waals surface area contributed by atoms with Gasteiger partial charge in [0, 0.05) is 36.6 Å². The molecule has 2 aliphatic carbocycles. The Morgan fingerprint density at radius 1 is 1.14 bits per heavy atom. The van der Waals surface area contributed by atoms with Crippen molar-refractivity contribution in [1.29, 1.82) is 0 Å². The Balaban J connectivity index is 1.30. The topological polar surface area (TPSA) is 66.2 Å². The maximum absolute atomic E-state index is 16.7. The van der Waals surface area contributed by atoms with E-state index in [0.717, 1.165) is 37.8 Å². The van der Waals surface area contributed by atoms with Crippen LogP contribution in [0.4, 0.5) is 10.2 Å². The zero-order chi connectivity index (χ0) is 29.7. The van der Waals surface area contributed by atoms with Crippen LogP contribution in [0.1, 0.15) is 42.7 Å². The lowest BCUT2D eigenvalue weighted by atomic mass is 9.73. The number of hydrogen-bond donors (Lipinski definition) is 0. The van der Waals surface area contributed by atoms with Crippen LogP contribution in [0.25, 0.3) is 26.9 Å². The van der Waals surface area contributed by atoms with Crippen molar-refractivity contribution in [3.8, 4) is 17.1 Å². The van der Waals surface area contributed by atoms with E-state index in [9.17, 15) is 4.79 Å². The summed E-state index contributed by atoms with van der Waals surface area (Å²) in [5.74, 6) is 1.21. The number of carbonyl (C=O) groups excluding carboxylic acids is 1. The molecule has 43 heavy (non-hydrogen) atoms. The van der Waals surface area contributed by atoms with E-state index in [1.165, 1.54) is 23.6 Å². The number of fused-ring (bicyclic) bond motifs is 4. The molecule has 0 N–H and O–H groups in total. The number of aromatic nitrogens is 2. The molecule has 0 spiro atoms. The molecule has 9 heteroatoms. The summed E-state index contributed by atoms with van der Waals surface area (Å²) in [5.41, 5.74) is 4.42. The van der Waals surface area contributed by atoms with Gasteiger partial charge in [-0.1, -0.05) is 30.8 Å². The highest BCUT2D eigenvalue weighted by Crippen LogP contribution is 2.54. The average Bonchev–Trinajstić information content (AvgIpc) is 3.54. The summed E-state index contributed by atoms with van der Waals surface area (Å²) in [6, 6.07) is 10.2. The molecule has 222 valence electrons. The lowest BCUT2D eigenvalue weighted by molar-refractivity contribution is -0.128. The second-order valence-corrected chi connectivity index (χ2v) is 12.4. The fourth-order valence-corrected chi connectivity index (χ4v) is 7.66. The summed E-state index contributed by atoms with van der Waals surface area (Å²) < 4.78 is 22.9. The van der Waals surface area contributed by atoms with Crippen LogP contribution in [0.5, 0.6) is 6.01 Å². The van der Waals surface area contributed by atoms with E-state index < -0.39 is 0 Å². The standard InChI is InChI=1S/C34H37FN6O2/c1-4-29(42)41-16-15-40(19-24(41)18-36-2)33-28-13-12-27(26-9-5-7-22-17-21-10-11-25(21)30(22)26)31(35)32(28)37-34(38-33)43-20-23-8-6-14-39(23)3/h4-5,7,9,12-13,21,23-25H,1,6,8,10-11,14-20H2,3H3/t21?,23-,24-,25?/m0/s1. The molecule has 2 unspecified atom stereocenters. The number of ether oxygens (including phenoxy) is 1. The Bertz CT molecular complexity index is 1640. The number of rotatable bonds is 7. The lowest BCUT2D eigenvalue weighted by Gasteiger charge is -2.39. The summed E-state index contributed by atoms with van der Waals surface area (Å²) in [5, 5.41) is 0.603. The second kappa shape index (κ2) is 11.2. The van der Waals surface area contributed by atoms with E-state index >= 15 is 4.39 Å². The van der Waals surface area contributed by atoms with Gasteiger partial charge in [-0.05, 0) is 86.4 Å². The predicted molar refractivity (Wildman–Crippen MR) is 165 cm³/mol. The van der Waals surface area contributed by atoms with Crippen LogP contribution >= 0.6 is 0 Å². The van der Waals surface area contributed by atoms with Crippen LogP contribution in [0.2, 0.25) is 0 Å². The van der Waals surface area contributed by atoms with Gasteiger partial charge in [0.05, 0.1) is 0 Å². The highest BCUT2D eigenvalue weighted by Gasteiger charge is 2.41. The van der Waals surface area contributed by atoms with Crippen LogP contribution in [0.3, 0.4) is 0 Å². The maximum Gasteiger partial charge on any atom is 0.319 e. The minimum atomic E-state index is -0.363. The monoisotopic (exact) mass is 580 g/mol. The molecule has 1 amide bonds. The van der Waals surface area contributed by atoms with Gasteiger partial charge in [0.25, 0.3) is 0 Å². The third-order valence-corrected chi connectivity index (χ3v) is 10.1. The molecule has 3 heterocycles. The highest BCUT2D eigenvalue weighted by atomic mass is 19.1. The molecule has 2 aliphatic heterocycles. The van der Waals surface area contributed by atoms with Crippen molar-refractivity contribution in [1.82, 2.24) is 19.8 Å². The first-order valence-electron chi connectivity index (χ1n) is 15.4. The summed E-state index contributed by atoms with van der Waals surface area (Å²) in [7, 11) is 2.09. The molecule has 0 bridgehead atoms. The van der Waals surface area contributed by atoms with Gasteiger partial charge < -0.3 is 24.3 Å². The van der Waals surface area contributed by atoms with E-state index in [1.807, 2.05) is 29.2 Å². The van der Waals surface area contributed by atoms with Crippen molar-refractivity contribution in [3.05, 3.63) is 71.3 Å². The normalized spacial score (nSPS) is 24.8. The number of hydrogen-bond acceptors (Lipinski definition) is 6. The average molecular weight is 581 g/mol. The number of amides is 1. The fraction of sp³-hybridized carbons (Fsp3) is 0.471. The van der Waals surface area contributed by atoms with Gasteiger partial charge in [-0.25, -0.2) is 11.0 Å². The van der Waals surface area contributed by atoms with Crippen LogP contribution in [0.15, 0.2) is 43.0 Å². The molecule has 4 aliphatic rings. The Hall–Kier alpha value is -4.03. The molecule has 2 saturated heterocycles. The quantitative estimate of drug-likeness (QED) is 0.287. The molecule has 7 rings (SSSR count). The zero-order valence-corrected chi connectivity index (χ0v) is 24.6. The molecule has 4 atom stereocenters. The van der Waals surface area contributed by atoms with E-state index in [-0.39, 0.29) is 41.9 Å². The van der Waals surface area contributed by atoms with Crippen LogP contribution in [0, 0.1) is 18.3 Å². The van der Waals surface area contributed by atoms with E-state index in [2.05, 4.69) is 34.4 Å². The van der Waals surface area contributed by atoms with Gasteiger partial charge in [-0.3, -0.25) is 4.79 Å². The minimum Gasteiger partial charge on any atom is -0.462 e. The van der Waals surface area contributed by atoms with Gasteiger partial charge in [0.15, 0.2) is 5.82 Å². The summed E-state index contributed by atoms with van der Waals surface area (Å²) in [6.45, 7) is 14.0. The first-order valence-corrected chi connectivity index (χ1v) is 15.4. The largest absolute Gasteiger partial charge is 0.462 e. The van der Waals surface area contributed by atoms with Gasteiger partial charge in [-0.2, -0.15) is 9.97 Å². The zero-order valence-electron chi connectivity index (χ0n) is 24.6. The molecule has 3 aromatic rings. The first-order chi connectivity index (χ1) is 21.0. The molecular weight excluding hydrogens is 543 g/mol. The van der Waals surface area contributed by atoms with Crippen molar-refractivity contribution in [2.75, 3.05) is 51.3 Å². The number of benzene rings is 2. The Morgan fingerprint density at radius 3 is 2.77 bits per heavy atom. The fourth-order valence-electron chi connectivity index (χ4n) is 7.66. The highest BCUT2D eigenvalue weighted by molar-refractivity contribution is 5.94. The van der Waals surface area contributed by atoms with Gasteiger partial charge >= 0.3 is 6.01 Å². The molecule has 8 nitrogen and oxygen atoms in total. The van der Waals surface area contributed by atoms with E-state index in [4.69, 9.17) is 16.3 Å². The number of likely N-dealkylation sites (N-methyl/N-ethyl adjacent to an activating group) is 1. The molecule has 1 aromatic heterocycles. The van der Waals surface area contributed by atoms with Crippen LogP contribution < -0.4 is 9.64 Å². The van der Waals surface area contributed by atoms with Crippen LogP contribution in [-0.2, 0) is 11.2 Å². The third-order valence-electron chi connectivity index (χ3n) is 10.1. The molecular formula is C34H37FN6O2. The Labute approximate surface area is 252 Å².